The van der Waals surface area contributed by atoms with E-state index in [1.807, 2.05) is 7.05 Å². The van der Waals surface area contributed by atoms with Crippen molar-refractivity contribution in [3.8, 4) is 0 Å². The Hall–Kier alpha value is -1.55. The van der Waals surface area contributed by atoms with E-state index < -0.39 is 0 Å². The van der Waals surface area contributed by atoms with E-state index in [9.17, 15) is 0 Å². The maximum absolute atomic E-state index is 4.52. The molecule has 1 aromatic carbocycles. The van der Waals surface area contributed by atoms with Gasteiger partial charge in [0, 0.05) is 32.7 Å². The molecule has 0 spiro atoms. The van der Waals surface area contributed by atoms with Crippen LogP contribution < -0.4 is 5.32 Å². The third kappa shape index (κ3) is 4.50. The Kier molecular flexibility index (Phi) is 6.13. The molecule has 1 aromatic rings. The Morgan fingerprint density at radius 2 is 1.88 bits per heavy atom. The van der Waals surface area contributed by atoms with Gasteiger partial charge in [0.05, 0.1) is 0 Å². The summed E-state index contributed by atoms with van der Waals surface area (Å²) in [7, 11) is 4.15. The number of guanidine groups is 1. The topological polar surface area (TPSA) is 30.9 Å². The lowest BCUT2D eigenvalue weighted by Crippen LogP contribution is -2.48. The van der Waals surface area contributed by atoms with Gasteiger partial charge in [-0.1, -0.05) is 30.3 Å². The first kappa shape index (κ1) is 17.3. The Morgan fingerprint density at radius 3 is 2.50 bits per heavy atom. The Morgan fingerprint density at radius 1 is 1.12 bits per heavy atom. The molecule has 0 amide bonds. The molecule has 0 aliphatic carbocycles. The summed E-state index contributed by atoms with van der Waals surface area (Å²) < 4.78 is 0. The van der Waals surface area contributed by atoms with Crippen molar-refractivity contribution in [2.45, 2.75) is 38.1 Å². The van der Waals surface area contributed by atoms with Gasteiger partial charge in [0.1, 0.15) is 0 Å². The number of likely N-dealkylation sites (tertiary alicyclic amines) is 2. The van der Waals surface area contributed by atoms with Crippen molar-refractivity contribution in [2.75, 3.05) is 40.3 Å². The van der Waals surface area contributed by atoms with Crippen molar-refractivity contribution in [3.63, 3.8) is 0 Å². The number of hydrogen-bond acceptors (Lipinski definition) is 2. The van der Waals surface area contributed by atoms with E-state index in [0.717, 1.165) is 31.5 Å². The molecular formula is C20H32N4. The molecule has 1 atom stereocenters. The third-order valence-corrected chi connectivity index (χ3v) is 5.66. The molecule has 0 aromatic heterocycles. The van der Waals surface area contributed by atoms with Crippen LogP contribution in [-0.4, -0.2) is 62.1 Å². The third-order valence-electron chi connectivity index (χ3n) is 5.66. The van der Waals surface area contributed by atoms with Gasteiger partial charge in [-0.2, -0.15) is 0 Å². The van der Waals surface area contributed by atoms with Crippen LogP contribution >= 0.6 is 0 Å². The zero-order valence-electron chi connectivity index (χ0n) is 15.2. The molecule has 2 heterocycles. The summed E-state index contributed by atoms with van der Waals surface area (Å²) in [5.41, 5.74) is 1.47. The van der Waals surface area contributed by atoms with Crippen LogP contribution in [0.1, 0.15) is 31.2 Å². The lowest BCUT2D eigenvalue weighted by molar-refractivity contribution is 0.254. The lowest BCUT2D eigenvalue weighted by atomic mass is 9.90. The second kappa shape index (κ2) is 8.52. The molecule has 1 unspecified atom stereocenters. The molecule has 2 saturated heterocycles. The molecule has 24 heavy (non-hydrogen) atoms. The van der Waals surface area contributed by atoms with E-state index in [-0.39, 0.29) is 0 Å². The van der Waals surface area contributed by atoms with Crippen LogP contribution in [0.3, 0.4) is 0 Å². The molecule has 2 fully saturated rings. The predicted octanol–water partition coefficient (Wildman–Crippen LogP) is 2.61. The first-order chi connectivity index (χ1) is 11.8. The van der Waals surface area contributed by atoms with Gasteiger partial charge in [0.2, 0.25) is 0 Å². The summed E-state index contributed by atoms with van der Waals surface area (Å²) >= 11 is 0. The second-order valence-corrected chi connectivity index (χ2v) is 7.32. The number of aliphatic imine (C=N–C) groups is 1. The molecule has 0 bridgehead atoms. The number of hydrogen-bond donors (Lipinski definition) is 1. The van der Waals surface area contributed by atoms with Crippen molar-refractivity contribution < 1.29 is 0 Å². The fraction of sp³-hybridized carbons (Fsp3) is 0.650. The molecule has 1 N–H and O–H groups in total. The van der Waals surface area contributed by atoms with Crippen LogP contribution in [0.25, 0.3) is 0 Å². The van der Waals surface area contributed by atoms with Gasteiger partial charge in [-0.05, 0) is 57.2 Å². The standard InChI is InChI=1S/C20H32N4/c1-21-20(22-16-19-9-6-12-23(19)2)24-13-10-18(11-14-24)15-17-7-4-3-5-8-17/h3-5,7-8,18-19H,6,9-16H2,1-2H3,(H,21,22). The molecule has 2 aliphatic rings. The molecule has 4 nitrogen and oxygen atoms in total. The molecule has 4 heteroatoms. The molecule has 0 saturated carbocycles. The van der Waals surface area contributed by atoms with E-state index in [4.69, 9.17) is 0 Å². The Labute approximate surface area is 146 Å². The summed E-state index contributed by atoms with van der Waals surface area (Å²) in [6.45, 7) is 4.50. The molecule has 2 aliphatic heterocycles. The van der Waals surface area contributed by atoms with Crippen molar-refractivity contribution >= 4 is 5.96 Å². The summed E-state index contributed by atoms with van der Waals surface area (Å²) in [4.78, 5) is 9.43. The predicted molar refractivity (Wildman–Crippen MR) is 101 cm³/mol. The van der Waals surface area contributed by atoms with Crippen LogP contribution in [0.2, 0.25) is 0 Å². The number of nitrogens with one attached hydrogen (secondary N) is 1. The van der Waals surface area contributed by atoms with Gasteiger partial charge in [-0.25, -0.2) is 0 Å². The van der Waals surface area contributed by atoms with Crippen molar-refractivity contribution in [1.82, 2.24) is 15.1 Å². The van der Waals surface area contributed by atoms with Crippen LogP contribution in [0, 0.1) is 5.92 Å². The van der Waals surface area contributed by atoms with E-state index in [1.165, 1.54) is 44.2 Å². The lowest BCUT2D eigenvalue weighted by Gasteiger charge is -2.35. The normalized spacial score (nSPS) is 23.7. The highest BCUT2D eigenvalue weighted by Gasteiger charge is 2.24. The van der Waals surface area contributed by atoms with E-state index in [2.05, 4.69) is 57.5 Å². The van der Waals surface area contributed by atoms with E-state index in [0.29, 0.717) is 6.04 Å². The number of piperidine rings is 1. The average molecular weight is 329 g/mol. The molecule has 132 valence electrons. The minimum absolute atomic E-state index is 0.664. The number of likely N-dealkylation sites (N-methyl/N-ethyl adjacent to an activating group) is 1. The van der Waals surface area contributed by atoms with E-state index in [1.54, 1.807) is 0 Å². The highest BCUT2D eigenvalue weighted by Crippen LogP contribution is 2.22. The highest BCUT2D eigenvalue weighted by atomic mass is 15.3. The zero-order chi connectivity index (χ0) is 16.8. The number of nitrogens with zero attached hydrogens (tertiary/aromatic N) is 3. The van der Waals surface area contributed by atoms with Gasteiger partial charge in [0.25, 0.3) is 0 Å². The van der Waals surface area contributed by atoms with Crippen molar-refractivity contribution in [3.05, 3.63) is 35.9 Å². The SMILES string of the molecule is CN=C(NCC1CCCN1C)N1CCC(Cc2ccccc2)CC1. The minimum Gasteiger partial charge on any atom is -0.355 e. The number of benzene rings is 1. The van der Waals surface area contributed by atoms with Gasteiger partial charge in [-0.3, -0.25) is 4.99 Å². The summed E-state index contributed by atoms with van der Waals surface area (Å²) in [6.07, 6.45) is 6.37. The smallest absolute Gasteiger partial charge is 0.193 e. The Balaban J connectivity index is 1.44. The van der Waals surface area contributed by atoms with Crippen LogP contribution in [0.4, 0.5) is 0 Å². The van der Waals surface area contributed by atoms with Gasteiger partial charge in [0.15, 0.2) is 5.96 Å². The summed E-state index contributed by atoms with van der Waals surface area (Å²) in [5.74, 6) is 1.90. The fourth-order valence-corrected chi connectivity index (χ4v) is 4.07. The van der Waals surface area contributed by atoms with Gasteiger partial charge in [-0.15, -0.1) is 0 Å². The van der Waals surface area contributed by atoms with Crippen LogP contribution in [0.5, 0.6) is 0 Å². The Bertz CT molecular complexity index is 520. The van der Waals surface area contributed by atoms with Gasteiger partial charge >= 0.3 is 0 Å². The van der Waals surface area contributed by atoms with Crippen LogP contribution in [-0.2, 0) is 6.42 Å². The highest BCUT2D eigenvalue weighted by molar-refractivity contribution is 5.80. The first-order valence-electron chi connectivity index (χ1n) is 9.46. The second-order valence-electron chi connectivity index (χ2n) is 7.32. The molecular weight excluding hydrogens is 296 g/mol. The van der Waals surface area contributed by atoms with Crippen molar-refractivity contribution in [1.29, 1.82) is 0 Å². The fourth-order valence-electron chi connectivity index (χ4n) is 4.07. The average Bonchev–Trinajstić information content (AvgIpc) is 3.03. The summed E-state index contributed by atoms with van der Waals surface area (Å²) in [5, 5.41) is 3.61. The van der Waals surface area contributed by atoms with Crippen molar-refractivity contribution in [2.24, 2.45) is 10.9 Å². The minimum atomic E-state index is 0.664. The monoisotopic (exact) mass is 328 g/mol. The maximum atomic E-state index is 4.52. The molecule has 0 radical (unpaired) electrons. The number of rotatable bonds is 4. The zero-order valence-corrected chi connectivity index (χ0v) is 15.2. The molecule has 3 rings (SSSR count). The van der Waals surface area contributed by atoms with E-state index >= 15 is 0 Å². The maximum Gasteiger partial charge on any atom is 0.193 e. The van der Waals surface area contributed by atoms with Gasteiger partial charge < -0.3 is 15.1 Å². The summed E-state index contributed by atoms with van der Waals surface area (Å²) in [6, 6.07) is 11.6. The largest absolute Gasteiger partial charge is 0.355 e. The first-order valence-corrected chi connectivity index (χ1v) is 9.46. The quantitative estimate of drug-likeness (QED) is 0.681. The van der Waals surface area contributed by atoms with Crippen LogP contribution in [0.15, 0.2) is 35.3 Å².